The number of morpholine rings is 1. The summed E-state index contributed by atoms with van der Waals surface area (Å²) in [7, 11) is 0. The molecule has 5 rings (SSSR count). The van der Waals surface area contributed by atoms with Crippen molar-refractivity contribution in [3.8, 4) is 6.07 Å². The number of pyridine rings is 1. The van der Waals surface area contributed by atoms with Crippen molar-refractivity contribution in [3.63, 3.8) is 0 Å². The molecule has 1 fully saturated rings. The van der Waals surface area contributed by atoms with Gasteiger partial charge in [0.1, 0.15) is 11.9 Å². The molecule has 0 amide bonds. The van der Waals surface area contributed by atoms with Gasteiger partial charge in [0, 0.05) is 18.7 Å². The molecule has 1 saturated heterocycles. The number of imidazole rings is 1. The van der Waals surface area contributed by atoms with Crippen LogP contribution in [0.3, 0.4) is 0 Å². The Morgan fingerprint density at radius 3 is 2.56 bits per heavy atom. The van der Waals surface area contributed by atoms with E-state index in [1.54, 1.807) is 0 Å². The van der Waals surface area contributed by atoms with E-state index in [0.29, 0.717) is 5.56 Å². The van der Waals surface area contributed by atoms with Gasteiger partial charge in [-0.05, 0) is 37.6 Å². The van der Waals surface area contributed by atoms with Crippen LogP contribution in [0.25, 0.3) is 16.7 Å². The number of aliphatic carboxylic acids is 2. The van der Waals surface area contributed by atoms with Crippen LogP contribution in [0, 0.1) is 16.7 Å². The van der Waals surface area contributed by atoms with Gasteiger partial charge in [-0.1, -0.05) is 30.4 Å². The highest BCUT2D eigenvalue weighted by Gasteiger charge is 2.34. The molecule has 2 N–H and O–H groups in total. The number of rotatable bonds is 3. The number of allylic oxidation sites excluding steroid dienone is 2. The molecule has 2 aliphatic rings. The fraction of sp³-hybridized carbons (Fsp3) is 0.280. The molecule has 1 unspecified atom stereocenters. The number of benzene rings is 1. The predicted octanol–water partition coefficient (Wildman–Crippen LogP) is 3.24. The summed E-state index contributed by atoms with van der Waals surface area (Å²) in [5, 5.41) is 26.8. The minimum absolute atomic E-state index is 0.0359. The Hall–Kier alpha value is -4.16. The zero-order valence-electron chi connectivity index (χ0n) is 18.6. The minimum atomic E-state index is -1.08. The third-order valence-electron chi connectivity index (χ3n) is 5.97. The molecule has 1 aromatic carbocycles. The second-order valence-electron chi connectivity index (χ2n) is 8.33. The molecule has 9 heteroatoms. The van der Waals surface area contributed by atoms with Crippen molar-refractivity contribution in [3.05, 3.63) is 65.8 Å². The Kier molecular flexibility index (Phi) is 6.34. The van der Waals surface area contributed by atoms with Gasteiger partial charge in [0.2, 0.25) is 0 Å². The number of hydrogen-bond acceptors (Lipinski definition) is 6. The zero-order valence-corrected chi connectivity index (χ0v) is 18.6. The number of carboxylic acids is 2. The fourth-order valence-electron chi connectivity index (χ4n) is 4.06. The number of carboxylic acid groups (broad SMARTS) is 2. The lowest BCUT2D eigenvalue weighted by Crippen LogP contribution is -2.37. The predicted molar refractivity (Wildman–Crippen MR) is 126 cm³/mol. The van der Waals surface area contributed by atoms with E-state index < -0.39 is 17.4 Å². The lowest BCUT2D eigenvalue weighted by Gasteiger charge is -2.29. The number of hydrogen-bond donors (Lipinski definition) is 2. The summed E-state index contributed by atoms with van der Waals surface area (Å²) in [6.07, 6.45) is 4.43. The van der Waals surface area contributed by atoms with Gasteiger partial charge >= 0.3 is 11.9 Å². The van der Waals surface area contributed by atoms with E-state index in [0.717, 1.165) is 48.8 Å². The van der Waals surface area contributed by atoms with Crippen molar-refractivity contribution in [2.24, 2.45) is 5.41 Å². The molecule has 0 radical (unpaired) electrons. The summed E-state index contributed by atoms with van der Waals surface area (Å²) in [4.78, 5) is 28.3. The molecule has 3 aromatic rings. The number of nitriles is 1. The van der Waals surface area contributed by atoms with E-state index in [2.05, 4.69) is 20.4 Å². The smallest absolute Gasteiger partial charge is 0.331 e. The summed E-state index contributed by atoms with van der Waals surface area (Å²) < 4.78 is 7.51. The third-order valence-corrected chi connectivity index (χ3v) is 5.97. The highest BCUT2D eigenvalue weighted by molar-refractivity contribution is 5.90. The van der Waals surface area contributed by atoms with Crippen LogP contribution in [0.2, 0.25) is 0 Å². The molecule has 0 bridgehead atoms. The number of anilines is 1. The number of aromatic nitrogens is 2. The van der Waals surface area contributed by atoms with Crippen molar-refractivity contribution in [2.45, 2.75) is 13.3 Å². The molecular weight excluding hydrogens is 436 g/mol. The maximum atomic E-state index is 10.8. The number of carbonyl (C=O) groups is 2. The Morgan fingerprint density at radius 1 is 1.15 bits per heavy atom. The van der Waals surface area contributed by atoms with Gasteiger partial charge in [0.25, 0.3) is 0 Å². The molecule has 1 aliphatic heterocycles. The van der Waals surface area contributed by atoms with Crippen LogP contribution in [0.5, 0.6) is 0 Å². The highest BCUT2D eigenvalue weighted by Crippen LogP contribution is 2.31. The summed E-state index contributed by atoms with van der Waals surface area (Å²) in [6.45, 7) is 4.67. The summed E-state index contributed by atoms with van der Waals surface area (Å²) in [6, 6.07) is 14.1. The molecular formula is C25H24N4O5. The fourth-order valence-corrected chi connectivity index (χ4v) is 4.06. The van der Waals surface area contributed by atoms with Crippen molar-refractivity contribution in [2.75, 3.05) is 31.2 Å². The molecule has 34 heavy (non-hydrogen) atoms. The van der Waals surface area contributed by atoms with E-state index in [4.69, 9.17) is 14.9 Å². The number of para-hydroxylation sites is 2. The zero-order chi connectivity index (χ0) is 24.3. The van der Waals surface area contributed by atoms with Gasteiger partial charge in [-0.2, -0.15) is 5.26 Å². The summed E-state index contributed by atoms with van der Waals surface area (Å²) in [5.74, 6) is -0.992. The van der Waals surface area contributed by atoms with Gasteiger partial charge in [-0.15, -0.1) is 0 Å². The number of nitrogens with zero attached hydrogens (tertiary/aromatic N) is 4. The van der Waals surface area contributed by atoms with Gasteiger partial charge in [-0.3, -0.25) is 9.20 Å². The number of ether oxygens (including phenoxy) is 1. The Balaban J connectivity index is 0.000000182. The van der Waals surface area contributed by atoms with E-state index in [9.17, 15) is 14.9 Å². The van der Waals surface area contributed by atoms with Crippen LogP contribution in [0.4, 0.5) is 5.82 Å². The second-order valence-corrected chi connectivity index (χ2v) is 8.33. The van der Waals surface area contributed by atoms with Crippen molar-refractivity contribution < 1.29 is 24.5 Å². The number of fused-ring (bicyclic) bond motifs is 3. The Morgan fingerprint density at radius 2 is 1.88 bits per heavy atom. The van der Waals surface area contributed by atoms with E-state index >= 15 is 0 Å². The quantitative estimate of drug-likeness (QED) is 0.610. The topological polar surface area (TPSA) is 128 Å². The average Bonchev–Trinajstić information content (AvgIpc) is 3.24. The minimum Gasteiger partial charge on any atom is -0.481 e. The molecule has 3 heterocycles. The molecule has 1 atom stereocenters. The standard InChI is InChI=1S/C16H14N4O.C9H10O4/c17-11-12-5-6-15(19-7-9-21-10-8-19)20-14-4-2-1-3-13(14)18-16(12)20;1-9(8(12)13)4-2-3-6(5-9)7(10)11/h1-6H,7-10H2;2-4H,5H2,1H3,(H,10,11)(H,12,13). The average molecular weight is 460 g/mol. The molecule has 0 saturated carbocycles. The maximum absolute atomic E-state index is 10.8. The van der Waals surface area contributed by atoms with Gasteiger partial charge in [0.05, 0.1) is 35.2 Å². The molecule has 0 spiro atoms. The molecule has 9 nitrogen and oxygen atoms in total. The van der Waals surface area contributed by atoms with Crippen LogP contribution in [0.1, 0.15) is 18.9 Å². The molecule has 174 valence electrons. The van der Waals surface area contributed by atoms with Gasteiger partial charge in [0.15, 0.2) is 5.65 Å². The first-order valence-electron chi connectivity index (χ1n) is 10.8. The highest BCUT2D eigenvalue weighted by atomic mass is 16.5. The van der Waals surface area contributed by atoms with Crippen molar-refractivity contribution in [1.82, 2.24) is 9.38 Å². The maximum Gasteiger partial charge on any atom is 0.331 e. The van der Waals surface area contributed by atoms with Gasteiger partial charge < -0.3 is 19.8 Å². The van der Waals surface area contributed by atoms with Crippen molar-refractivity contribution >= 4 is 34.4 Å². The molecule has 1 aliphatic carbocycles. The Bertz CT molecular complexity index is 1360. The lowest BCUT2D eigenvalue weighted by atomic mass is 9.80. The van der Waals surface area contributed by atoms with Crippen LogP contribution in [-0.4, -0.2) is 57.8 Å². The van der Waals surface area contributed by atoms with Crippen LogP contribution in [0.15, 0.2) is 60.2 Å². The third kappa shape index (κ3) is 4.36. The first-order valence-corrected chi connectivity index (χ1v) is 10.8. The first-order chi connectivity index (χ1) is 16.3. The van der Waals surface area contributed by atoms with Crippen molar-refractivity contribution in [1.29, 1.82) is 5.26 Å². The Labute approximate surface area is 195 Å². The summed E-state index contributed by atoms with van der Waals surface area (Å²) in [5.41, 5.74) is 2.32. The van der Waals surface area contributed by atoms with Crippen LogP contribution in [-0.2, 0) is 14.3 Å². The lowest BCUT2D eigenvalue weighted by molar-refractivity contribution is -0.145. The van der Waals surface area contributed by atoms with Gasteiger partial charge in [-0.25, -0.2) is 9.78 Å². The molecule has 2 aromatic heterocycles. The first kappa shape index (κ1) is 23.0. The van der Waals surface area contributed by atoms with E-state index in [1.807, 2.05) is 36.4 Å². The van der Waals surface area contributed by atoms with E-state index in [-0.39, 0.29) is 12.0 Å². The van der Waals surface area contributed by atoms with Crippen LogP contribution >= 0.6 is 0 Å². The monoisotopic (exact) mass is 460 g/mol. The SMILES string of the molecule is CC1(C(=O)O)C=CC=C(C(=O)O)C1.N#Cc1ccc(N2CCOCC2)n2c1nc1ccccc12. The normalized spacial score (nSPS) is 19.8. The summed E-state index contributed by atoms with van der Waals surface area (Å²) >= 11 is 0. The van der Waals surface area contributed by atoms with Crippen LogP contribution < -0.4 is 4.90 Å². The largest absolute Gasteiger partial charge is 0.481 e. The second kappa shape index (κ2) is 9.37. The van der Waals surface area contributed by atoms with E-state index in [1.165, 1.54) is 25.2 Å².